The molecule has 7 heteroatoms. The topological polar surface area (TPSA) is 86.9 Å². The van der Waals surface area contributed by atoms with Gasteiger partial charge in [-0.1, -0.05) is 38.1 Å². The molecule has 0 aliphatic heterocycles. The molecule has 2 aromatic carbocycles. The van der Waals surface area contributed by atoms with E-state index in [2.05, 4.69) is 20.8 Å². The van der Waals surface area contributed by atoms with E-state index < -0.39 is 17.8 Å². The highest BCUT2D eigenvalue weighted by Crippen LogP contribution is 2.21. The van der Waals surface area contributed by atoms with Gasteiger partial charge < -0.3 is 10.6 Å². The Morgan fingerprint density at radius 3 is 2.54 bits per heavy atom. The largest absolute Gasteiger partial charge is 0.340 e. The number of nitrogens with zero attached hydrogens (tertiary/aromatic N) is 1. The highest BCUT2D eigenvalue weighted by molar-refractivity contribution is 6.01. The number of halogens is 1. The van der Waals surface area contributed by atoms with Crippen molar-refractivity contribution in [3.63, 3.8) is 0 Å². The summed E-state index contributed by atoms with van der Waals surface area (Å²) < 4.78 is 13.8. The van der Waals surface area contributed by atoms with Crippen LogP contribution in [0.5, 0.6) is 0 Å². The molecule has 0 fully saturated rings. The summed E-state index contributed by atoms with van der Waals surface area (Å²) in [4.78, 5) is 25.2. The zero-order chi connectivity index (χ0) is 20.1. The van der Waals surface area contributed by atoms with Crippen LogP contribution in [-0.4, -0.2) is 28.1 Å². The molecule has 0 spiro atoms. The van der Waals surface area contributed by atoms with Crippen molar-refractivity contribution in [3.05, 3.63) is 72.2 Å². The van der Waals surface area contributed by atoms with Gasteiger partial charge in [0.05, 0.1) is 11.3 Å². The van der Waals surface area contributed by atoms with E-state index in [0.29, 0.717) is 5.69 Å². The van der Waals surface area contributed by atoms with Gasteiger partial charge in [-0.2, -0.15) is 5.10 Å². The lowest BCUT2D eigenvalue weighted by Crippen LogP contribution is -2.47. The summed E-state index contributed by atoms with van der Waals surface area (Å²) in [5, 5.41) is 12.2. The van der Waals surface area contributed by atoms with E-state index in [-0.39, 0.29) is 17.4 Å². The maximum atomic E-state index is 13.8. The molecule has 28 heavy (non-hydrogen) atoms. The number of amides is 2. The van der Waals surface area contributed by atoms with E-state index in [9.17, 15) is 14.0 Å². The van der Waals surface area contributed by atoms with Crippen LogP contribution < -0.4 is 10.6 Å². The number of nitrogens with one attached hydrogen (secondary N) is 3. The van der Waals surface area contributed by atoms with Crippen LogP contribution in [-0.2, 0) is 4.79 Å². The van der Waals surface area contributed by atoms with Crippen molar-refractivity contribution in [1.82, 2.24) is 15.5 Å². The van der Waals surface area contributed by atoms with Crippen molar-refractivity contribution in [3.8, 4) is 11.3 Å². The Labute approximate surface area is 162 Å². The molecule has 2 amide bonds. The number of H-pyrrole nitrogens is 1. The first-order chi connectivity index (χ1) is 13.5. The Morgan fingerprint density at radius 2 is 1.86 bits per heavy atom. The summed E-state index contributed by atoms with van der Waals surface area (Å²) in [6.07, 6.45) is 1.65. The molecule has 0 bridgehead atoms. The Morgan fingerprint density at radius 1 is 1.07 bits per heavy atom. The third kappa shape index (κ3) is 4.43. The van der Waals surface area contributed by atoms with Crippen molar-refractivity contribution in [2.45, 2.75) is 19.9 Å². The summed E-state index contributed by atoms with van der Waals surface area (Å²) in [5.41, 5.74) is 2.18. The van der Waals surface area contributed by atoms with Crippen molar-refractivity contribution < 1.29 is 14.0 Å². The molecule has 1 aromatic heterocycles. The van der Waals surface area contributed by atoms with Gasteiger partial charge >= 0.3 is 0 Å². The molecule has 3 N–H and O–H groups in total. The number of hydrogen-bond donors (Lipinski definition) is 3. The monoisotopic (exact) mass is 380 g/mol. The summed E-state index contributed by atoms with van der Waals surface area (Å²) in [5.74, 6) is -1.82. The zero-order valence-electron chi connectivity index (χ0n) is 15.6. The molecule has 1 atom stereocenters. The number of benzene rings is 2. The summed E-state index contributed by atoms with van der Waals surface area (Å²) in [7, 11) is 0. The Hall–Kier alpha value is -3.48. The maximum Gasteiger partial charge on any atom is 0.254 e. The Kier molecular flexibility index (Phi) is 5.84. The second-order valence-electron chi connectivity index (χ2n) is 6.72. The lowest BCUT2D eigenvalue weighted by atomic mass is 10.0. The maximum absolute atomic E-state index is 13.8. The van der Waals surface area contributed by atoms with Crippen LogP contribution in [0.25, 0.3) is 11.3 Å². The SMILES string of the molecule is CC(C)C(NC(=O)c1ccccc1F)C(=O)Nc1cccc(-c2ccn[nH]2)c1. The number of rotatable bonds is 6. The van der Waals surface area contributed by atoms with E-state index in [4.69, 9.17) is 0 Å². The number of aromatic amines is 1. The average Bonchev–Trinajstić information content (AvgIpc) is 3.21. The molecule has 3 aromatic rings. The second kappa shape index (κ2) is 8.47. The van der Waals surface area contributed by atoms with Gasteiger partial charge in [-0.05, 0) is 36.2 Å². The van der Waals surface area contributed by atoms with E-state index in [1.54, 1.807) is 18.3 Å². The molecule has 0 saturated heterocycles. The second-order valence-corrected chi connectivity index (χ2v) is 6.72. The first-order valence-corrected chi connectivity index (χ1v) is 8.92. The highest BCUT2D eigenvalue weighted by Gasteiger charge is 2.25. The molecule has 6 nitrogen and oxygen atoms in total. The lowest BCUT2D eigenvalue weighted by Gasteiger charge is -2.22. The smallest absolute Gasteiger partial charge is 0.254 e. The van der Waals surface area contributed by atoms with Crippen molar-refractivity contribution >= 4 is 17.5 Å². The van der Waals surface area contributed by atoms with E-state index in [0.717, 1.165) is 11.3 Å². The predicted octanol–water partition coefficient (Wildman–Crippen LogP) is 3.61. The fourth-order valence-electron chi connectivity index (χ4n) is 2.80. The predicted molar refractivity (Wildman–Crippen MR) is 105 cm³/mol. The number of hydrogen-bond acceptors (Lipinski definition) is 3. The molecule has 144 valence electrons. The molecule has 0 aliphatic carbocycles. The summed E-state index contributed by atoms with van der Waals surface area (Å²) >= 11 is 0. The van der Waals surface area contributed by atoms with Gasteiger partial charge in [0.1, 0.15) is 11.9 Å². The lowest BCUT2D eigenvalue weighted by molar-refractivity contribution is -0.118. The van der Waals surface area contributed by atoms with Gasteiger partial charge in [0.15, 0.2) is 0 Å². The zero-order valence-corrected chi connectivity index (χ0v) is 15.6. The van der Waals surface area contributed by atoms with Gasteiger partial charge in [0, 0.05) is 17.4 Å². The quantitative estimate of drug-likeness (QED) is 0.611. The molecule has 1 unspecified atom stereocenters. The minimum atomic E-state index is -0.817. The van der Waals surface area contributed by atoms with Gasteiger partial charge in [-0.15, -0.1) is 0 Å². The fourth-order valence-corrected chi connectivity index (χ4v) is 2.80. The van der Waals surface area contributed by atoms with E-state index in [1.807, 2.05) is 38.1 Å². The van der Waals surface area contributed by atoms with Crippen LogP contribution in [0.15, 0.2) is 60.8 Å². The first kappa shape index (κ1) is 19.3. The fraction of sp³-hybridized carbons (Fsp3) is 0.190. The third-order valence-electron chi connectivity index (χ3n) is 4.30. The normalized spacial score (nSPS) is 11.9. The van der Waals surface area contributed by atoms with Gasteiger partial charge in [-0.25, -0.2) is 4.39 Å². The minimum absolute atomic E-state index is 0.0952. The number of carbonyl (C=O) groups is 2. The molecule has 0 saturated carbocycles. The van der Waals surface area contributed by atoms with Gasteiger partial charge in [0.2, 0.25) is 5.91 Å². The Balaban J connectivity index is 1.74. The number of aromatic nitrogens is 2. The molecule has 1 heterocycles. The molecule has 3 rings (SSSR count). The first-order valence-electron chi connectivity index (χ1n) is 8.92. The van der Waals surface area contributed by atoms with Crippen LogP contribution in [0.2, 0.25) is 0 Å². The van der Waals surface area contributed by atoms with Crippen LogP contribution in [0.4, 0.5) is 10.1 Å². The standard InChI is InChI=1S/C21H21FN4O2/c1-13(2)19(25-20(27)16-8-3-4-9-17(16)22)21(28)24-15-7-5-6-14(12-15)18-10-11-23-26-18/h3-13,19H,1-2H3,(H,23,26)(H,24,28)(H,25,27). The van der Waals surface area contributed by atoms with E-state index in [1.165, 1.54) is 18.2 Å². The number of anilines is 1. The third-order valence-corrected chi connectivity index (χ3v) is 4.30. The summed E-state index contributed by atoms with van der Waals surface area (Å²) in [6.45, 7) is 3.62. The van der Waals surface area contributed by atoms with Gasteiger partial charge in [0.25, 0.3) is 5.91 Å². The van der Waals surface area contributed by atoms with Crippen LogP contribution in [0.3, 0.4) is 0 Å². The van der Waals surface area contributed by atoms with E-state index >= 15 is 0 Å². The van der Waals surface area contributed by atoms with Crippen molar-refractivity contribution in [1.29, 1.82) is 0 Å². The van der Waals surface area contributed by atoms with Crippen LogP contribution in [0.1, 0.15) is 24.2 Å². The van der Waals surface area contributed by atoms with Gasteiger partial charge in [-0.3, -0.25) is 14.7 Å². The molecule has 0 radical (unpaired) electrons. The average molecular weight is 380 g/mol. The number of carbonyl (C=O) groups excluding carboxylic acids is 2. The van der Waals surface area contributed by atoms with Crippen molar-refractivity contribution in [2.75, 3.05) is 5.32 Å². The van der Waals surface area contributed by atoms with Crippen LogP contribution in [0, 0.1) is 11.7 Å². The summed E-state index contributed by atoms with van der Waals surface area (Å²) in [6, 6.07) is 13.9. The highest BCUT2D eigenvalue weighted by atomic mass is 19.1. The molecule has 0 aliphatic rings. The minimum Gasteiger partial charge on any atom is -0.340 e. The molecular weight excluding hydrogens is 359 g/mol. The van der Waals surface area contributed by atoms with Crippen LogP contribution >= 0.6 is 0 Å². The Bertz CT molecular complexity index is 970. The van der Waals surface area contributed by atoms with Crippen molar-refractivity contribution in [2.24, 2.45) is 5.92 Å². The molecular formula is C21H21FN4O2.